The first-order chi connectivity index (χ1) is 12.5. The highest BCUT2D eigenvalue weighted by Gasteiger charge is 2.06. The maximum atomic E-state index is 11.8. The van der Waals surface area contributed by atoms with Gasteiger partial charge in [-0.15, -0.1) is 0 Å². The van der Waals surface area contributed by atoms with Crippen molar-refractivity contribution in [3.05, 3.63) is 59.2 Å². The number of nitrogens with one attached hydrogen (secondary N) is 1. The molecule has 0 radical (unpaired) electrons. The van der Waals surface area contributed by atoms with Crippen molar-refractivity contribution >= 4 is 18.1 Å². The number of carboxylic acids is 1. The molecule has 0 bridgehead atoms. The molecule has 7 heteroatoms. The van der Waals surface area contributed by atoms with E-state index in [1.165, 1.54) is 6.21 Å². The van der Waals surface area contributed by atoms with Crippen LogP contribution in [0.1, 0.15) is 16.7 Å². The number of carbonyl (C=O) groups is 2. The Morgan fingerprint density at radius 2 is 1.81 bits per heavy atom. The van der Waals surface area contributed by atoms with E-state index in [9.17, 15) is 9.59 Å². The van der Waals surface area contributed by atoms with Crippen LogP contribution in [-0.2, 0) is 9.59 Å². The molecule has 0 fully saturated rings. The van der Waals surface area contributed by atoms with Gasteiger partial charge in [0.05, 0.1) is 6.21 Å². The number of carbonyl (C=O) groups excluding carboxylic acids is 1. The molecule has 26 heavy (non-hydrogen) atoms. The number of nitrogens with zero attached hydrogens (tertiary/aromatic N) is 1. The molecule has 0 unspecified atom stereocenters. The van der Waals surface area contributed by atoms with Crippen LogP contribution in [0.25, 0.3) is 0 Å². The van der Waals surface area contributed by atoms with Crippen molar-refractivity contribution in [2.45, 2.75) is 13.8 Å². The number of hydrazone groups is 1. The van der Waals surface area contributed by atoms with Crippen LogP contribution >= 0.6 is 0 Å². The van der Waals surface area contributed by atoms with Gasteiger partial charge in [-0.1, -0.05) is 29.8 Å². The van der Waals surface area contributed by atoms with E-state index in [1.807, 2.05) is 32.0 Å². The number of hydrogen-bond acceptors (Lipinski definition) is 5. The number of aryl methyl sites for hydroxylation is 2. The average Bonchev–Trinajstić information content (AvgIpc) is 2.60. The van der Waals surface area contributed by atoms with Crippen molar-refractivity contribution in [3.8, 4) is 11.5 Å². The Hall–Kier alpha value is -3.35. The zero-order valence-corrected chi connectivity index (χ0v) is 14.6. The first kappa shape index (κ1) is 19.0. The molecule has 2 rings (SSSR count). The fourth-order valence-corrected chi connectivity index (χ4v) is 2.17. The van der Waals surface area contributed by atoms with Crippen molar-refractivity contribution in [2.75, 3.05) is 13.2 Å². The molecular formula is C19H20N2O5. The van der Waals surface area contributed by atoms with Gasteiger partial charge in [0.2, 0.25) is 0 Å². The third-order valence-electron chi connectivity index (χ3n) is 3.35. The molecule has 0 saturated carbocycles. The number of carboxylic acid groups (broad SMARTS) is 1. The highest BCUT2D eigenvalue weighted by Crippen LogP contribution is 2.18. The summed E-state index contributed by atoms with van der Waals surface area (Å²) in [5.41, 5.74) is 4.97. The number of amides is 1. The number of benzene rings is 2. The first-order valence-corrected chi connectivity index (χ1v) is 7.91. The van der Waals surface area contributed by atoms with E-state index >= 15 is 0 Å². The third kappa shape index (κ3) is 5.94. The lowest BCUT2D eigenvalue weighted by Crippen LogP contribution is -2.24. The molecule has 0 atom stereocenters. The standard InChI is InChI=1S/C19H20N2O5/c1-13-7-8-16(14(2)9-13)25-11-18(22)21-20-10-15-5-3-4-6-17(15)26-12-19(23)24/h3-10H,11-12H2,1-2H3,(H,21,22)(H,23,24). The summed E-state index contributed by atoms with van der Waals surface area (Å²) in [6, 6.07) is 12.5. The molecule has 0 heterocycles. The smallest absolute Gasteiger partial charge is 0.341 e. The summed E-state index contributed by atoms with van der Waals surface area (Å²) in [6.07, 6.45) is 1.38. The summed E-state index contributed by atoms with van der Waals surface area (Å²) in [6.45, 7) is 3.27. The molecule has 0 aliphatic rings. The predicted molar refractivity (Wildman–Crippen MR) is 96.7 cm³/mol. The third-order valence-corrected chi connectivity index (χ3v) is 3.35. The van der Waals surface area contributed by atoms with Crippen LogP contribution in [0.5, 0.6) is 11.5 Å². The van der Waals surface area contributed by atoms with Crippen molar-refractivity contribution in [3.63, 3.8) is 0 Å². The Morgan fingerprint density at radius 3 is 2.54 bits per heavy atom. The SMILES string of the molecule is Cc1ccc(OCC(=O)NN=Cc2ccccc2OCC(=O)O)c(C)c1. The Balaban J connectivity index is 1.88. The van der Waals surface area contributed by atoms with Gasteiger partial charge < -0.3 is 14.6 Å². The second-order valence-electron chi connectivity index (χ2n) is 5.57. The molecule has 0 aliphatic heterocycles. The quantitative estimate of drug-likeness (QED) is 0.559. The van der Waals surface area contributed by atoms with Crippen molar-refractivity contribution in [1.82, 2.24) is 5.43 Å². The molecule has 136 valence electrons. The molecule has 0 aromatic heterocycles. The number of ether oxygens (including phenoxy) is 2. The van der Waals surface area contributed by atoms with E-state index in [2.05, 4.69) is 10.5 Å². The number of para-hydroxylation sites is 1. The molecule has 2 aromatic rings. The van der Waals surface area contributed by atoms with Gasteiger partial charge >= 0.3 is 5.97 Å². The van der Waals surface area contributed by atoms with Crippen molar-refractivity contribution < 1.29 is 24.2 Å². The maximum Gasteiger partial charge on any atom is 0.341 e. The Labute approximate surface area is 151 Å². The van der Waals surface area contributed by atoms with E-state index in [-0.39, 0.29) is 6.61 Å². The molecule has 0 saturated heterocycles. The topological polar surface area (TPSA) is 97.2 Å². The number of hydrogen-bond donors (Lipinski definition) is 2. The zero-order valence-electron chi connectivity index (χ0n) is 14.6. The zero-order chi connectivity index (χ0) is 18.9. The lowest BCUT2D eigenvalue weighted by molar-refractivity contribution is -0.139. The van der Waals surface area contributed by atoms with E-state index in [0.29, 0.717) is 17.1 Å². The van der Waals surface area contributed by atoms with Crippen LogP contribution in [0.3, 0.4) is 0 Å². The van der Waals surface area contributed by atoms with Gasteiger partial charge in [0.25, 0.3) is 5.91 Å². The minimum atomic E-state index is -1.08. The van der Waals surface area contributed by atoms with Gasteiger partial charge in [-0.3, -0.25) is 4.79 Å². The lowest BCUT2D eigenvalue weighted by Gasteiger charge is -2.09. The Bertz CT molecular complexity index is 817. The summed E-state index contributed by atoms with van der Waals surface area (Å²) in [5.74, 6) is -0.486. The summed E-state index contributed by atoms with van der Waals surface area (Å²) >= 11 is 0. The van der Waals surface area contributed by atoms with Gasteiger partial charge in [0.15, 0.2) is 13.2 Å². The molecule has 0 aliphatic carbocycles. The summed E-state index contributed by atoms with van der Waals surface area (Å²) < 4.78 is 10.6. The fourth-order valence-electron chi connectivity index (χ4n) is 2.17. The lowest BCUT2D eigenvalue weighted by atomic mass is 10.1. The van der Waals surface area contributed by atoms with Crippen molar-refractivity contribution in [2.24, 2.45) is 5.10 Å². The molecule has 2 N–H and O–H groups in total. The van der Waals surface area contributed by atoms with Crippen LogP contribution < -0.4 is 14.9 Å². The maximum absolute atomic E-state index is 11.8. The Kier molecular flexibility index (Phi) is 6.73. The molecule has 7 nitrogen and oxygen atoms in total. The highest BCUT2D eigenvalue weighted by atomic mass is 16.5. The second kappa shape index (κ2) is 9.22. The molecular weight excluding hydrogens is 336 g/mol. The van der Waals surface area contributed by atoms with E-state index in [1.54, 1.807) is 24.3 Å². The van der Waals surface area contributed by atoms with Crippen LogP contribution in [0, 0.1) is 13.8 Å². The Morgan fingerprint density at radius 1 is 1.08 bits per heavy atom. The molecule has 2 aromatic carbocycles. The average molecular weight is 356 g/mol. The minimum absolute atomic E-state index is 0.168. The monoisotopic (exact) mass is 356 g/mol. The van der Waals surface area contributed by atoms with E-state index < -0.39 is 18.5 Å². The van der Waals surface area contributed by atoms with Crippen LogP contribution in [0.4, 0.5) is 0 Å². The number of rotatable bonds is 8. The van der Waals surface area contributed by atoms with Crippen molar-refractivity contribution in [1.29, 1.82) is 0 Å². The minimum Gasteiger partial charge on any atom is -0.483 e. The molecule has 1 amide bonds. The fraction of sp³-hybridized carbons (Fsp3) is 0.211. The first-order valence-electron chi connectivity index (χ1n) is 7.91. The van der Waals surface area contributed by atoms with Gasteiger partial charge in [0.1, 0.15) is 11.5 Å². The van der Waals surface area contributed by atoms with Crippen LogP contribution in [0.15, 0.2) is 47.6 Å². The van der Waals surface area contributed by atoms with E-state index in [4.69, 9.17) is 14.6 Å². The summed E-state index contributed by atoms with van der Waals surface area (Å²) in [7, 11) is 0. The van der Waals surface area contributed by atoms with Crippen LogP contribution in [-0.4, -0.2) is 36.4 Å². The summed E-state index contributed by atoms with van der Waals surface area (Å²) in [5, 5.41) is 12.5. The number of aliphatic carboxylic acids is 1. The van der Waals surface area contributed by atoms with Crippen LogP contribution in [0.2, 0.25) is 0 Å². The predicted octanol–water partition coefficient (Wildman–Crippen LogP) is 2.30. The largest absolute Gasteiger partial charge is 0.483 e. The second-order valence-corrected chi connectivity index (χ2v) is 5.57. The highest BCUT2D eigenvalue weighted by molar-refractivity contribution is 5.85. The van der Waals surface area contributed by atoms with Gasteiger partial charge in [0, 0.05) is 5.56 Å². The van der Waals surface area contributed by atoms with Gasteiger partial charge in [-0.25, -0.2) is 10.2 Å². The molecule has 0 spiro atoms. The summed E-state index contributed by atoms with van der Waals surface area (Å²) in [4.78, 5) is 22.4. The van der Waals surface area contributed by atoms with Gasteiger partial charge in [-0.2, -0.15) is 5.10 Å². The normalized spacial score (nSPS) is 10.5. The van der Waals surface area contributed by atoms with E-state index in [0.717, 1.165) is 11.1 Å². The van der Waals surface area contributed by atoms with Gasteiger partial charge in [-0.05, 0) is 37.6 Å².